The molecule has 2 rings (SSSR count). The van der Waals surface area contributed by atoms with Crippen LogP contribution in [-0.4, -0.2) is 29.9 Å². The Bertz CT molecular complexity index is 687. The van der Waals surface area contributed by atoms with Crippen LogP contribution in [0.5, 0.6) is 0 Å². The monoisotopic (exact) mass is 351 g/mol. The Hall–Kier alpha value is -1.92. The number of carbonyl (C=O) groups excluding carboxylic acids is 2. The van der Waals surface area contributed by atoms with Gasteiger partial charge in [-0.25, -0.2) is 4.98 Å². The third-order valence-corrected chi connectivity index (χ3v) is 4.34. The van der Waals surface area contributed by atoms with Gasteiger partial charge in [-0.1, -0.05) is 29.8 Å². The summed E-state index contributed by atoms with van der Waals surface area (Å²) in [4.78, 5) is 26.8. The van der Waals surface area contributed by atoms with Crippen molar-refractivity contribution in [3.05, 3.63) is 40.4 Å². The smallest absolute Gasteiger partial charge is 0.221 e. The molecule has 5 nitrogen and oxygen atoms in total. The van der Waals surface area contributed by atoms with E-state index in [0.717, 1.165) is 16.3 Å². The fraction of sp³-hybridized carbons (Fsp3) is 0.312. The van der Waals surface area contributed by atoms with E-state index in [2.05, 4.69) is 15.6 Å². The van der Waals surface area contributed by atoms with E-state index in [9.17, 15) is 9.59 Å². The SMILES string of the molecule is CC(=O)NCCC(=O)NCCc1csc(-c2ccccc2Cl)n1. The number of thiazole rings is 1. The highest BCUT2D eigenvalue weighted by atomic mass is 35.5. The molecule has 0 saturated heterocycles. The van der Waals surface area contributed by atoms with E-state index in [1.54, 1.807) is 0 Å². The molecule has 0 aliphatic heterocycles. The Balaban J connectivity index is 1.78. The largest absolute Gasteiger partial charge is 0.356 e. The number of nitrogens with one attached hydrogen (secondary N) is 2. The number of rotatable bonds is 7. The van der Waals surface area contributed by atoms with Gasteiger partial charge in [0.1, 0.15) is 5.01 Å². The van der Waals surface area contributed by atoms with Crippen LogP contribution in [-0.2, 0) is 16.0 Å². The molecule has 0 spiro atoms. The van der Waals surface area contributed by atoms with Gasteiger partial charge in [0.25, 0.3) is 0 Å². The van der Waals surface area contributed by atoms with Gasteiger partial charge in [0.05, 0.1) is 10.7 Å². The van der Waals surface area contributed by atoms with E-state index >= 15 is 0 Å². The standard InChI is InChI=1S/C16H18ClN3O2S/c1-11(21)18-9-7-15(22)19-8-6-12-10-23-16(20-12)13-4-2-3-5-14(13)17/h2-5,10H,6-9H2,1H3,(H,18,21)(H,19,22). The summed E-state index contributed by atoms with van der Waals surface area (Å²) in [7, 11) is 0. The van der Waals surface area contributed by atoms with Crippen LogP contribution in [0.4, 0.5) is 0 Å². The molecule has 0 bridgehead atoms. The van der Waals surface area contributed by atoms with Crippen LogP contribution >= 0.6 is 22.9 Å². The quantitative estimate of drug-likeness (QED) is 0.805. The number of benzene rings is 1. The molecule has 0 aliphatic carbocycles. The van der Waals surface area contributed by atoms with Crippen molar-refractivity contribution < 1.29 is 9.59 Å². The summed E-state index contributed by atoms with van der Waals surface area (Å²) < 4.78 is 0. The van der Waals surface area contributed by atoms with E-state index in [1.165, 1.54) is 18.3 Å². The maximum absolute atomic E-state index is 11.6. The first-order chi connectivity index (χ1) is 11.1. The summed E-state index contributed by atoms with van der Waals surface area (Å²) >= 11 is 7.70. The van der Waals surface area contributed by atoms with Crippen molar-refractivity contribution >= 4 is 34.8 Å². The summed E-state index contributed by atoms with van der Waals surface area (Å²) in [5, 5.41) is 8.93. The number of nitrogens with zero attached hydrogens (tertiary/aromatic N) is 1. The van der Waals surface area contributed by atoms with Gasteiger partial charge in [-0.2, -0.15) is 0 Å². The summed E-state index contributed by atoms with van der Waals surface area (Å²) in [6.45, 7) is 2.30. The Morgan fingerprint density at radius 1 is 1.22 bits per heavy atom. The fourth-order valence-corrected chi connectivity index (χ4v) is 3.13. The third kappa shape index (κ3) is 5.65. The molecule has 2 amide bonds. The van der Waals surface area contributed by atoms with Crippen molar-refractivity contribution in [1.82, 2.24) is 15.6 Å². The molecule has 2 N–H and O–H groups in total. The Morgan fingerprint density at radius 2 is 2.00 bits per heavy atom. The third-order valence-electron chi connectivity index (χ3n) is 3.09. The van der Waals surface area contributed by atoms with Gasteiger partial charge in [-0.15, -0.1) is 11.3 Å². The second-order valence-corrected chi connectivity index (χ2v) is 6.22. The highest BCUT2D eigenvalue weighted by molar-refractivity contribution is 7.13. The lowest BCUT2D eigenvalue weighted by Crippen LogP contribution is -2.30. The second-order valence-electron chi connectivity index (χ2n) is 4.96. The molecule has 0 unspecified atom stereocenters. The van der Waals surface area contributed by atoms with Crippen molar-refractivity contribution in [2.75, 3.05) is 13.1 Å². The highest BCUT2D eigenvalue weighted by Gasteiger charge is 2.08. The van der Waals surface area contributed by atoms with Crippen LogP contribution in [0.1, 0.15) is 19.0 Å². The van der Waals surface area contributed by atoms with Gasteiger partial charge in [0.15, 0.2) is 0 Å². The first kappa shape index (κ1) is 17.4. The van der Waals surface area contributed by atoms with Crippen molar-refractivity contribution in [2.45, 2.75) is 19.8 Å². The zero-order chi connectivity index (χ0) is 16.7. The molecule has 0 aliphatic rings. The van der Waals surface area contributed by atoms with E-state index in [0.29, 0.717) is 24.5 Å². The van der Waals surface area contributed by atoms with Gasteiger partial charge in [-0.3, -0.25) is 9.59 Å². The molecule has 1 heterocycles. The van der Waals surface area contributed by atoms with Gasteiger partial charge >= 0.3 is 0 Å². The minimum Gasteiger partial charge on any atom is -0.356 e. The van der Waals surface area contributed by atoms with Crippen LogP contribution in [0, 0.1) is 0 Å². The van der Waals surface area contributed by atoms with Crippen molar-refractivity contribution in [3.63, 3.8) is 0 Å². The minimum absolute atomic E-state index is 0.0830. The van der Waals surface area contributed by atoms with E-state index in [-0.39, 0.29) is 18.2 Å². The molecule has 1 aromatic carbocycles. The lowest BCUT2D eigenvalue weighted by molar-refractivity contribution is -0.121. The fourth-order valence-electron chi connectivity index (χ4n) is 1.95. The van der Waals surface area contributed by atoms with Crippen LogP contribution in [0.3, 0.4) is 0 Å². The number of hydrogen-bond donors (Lipinski definition) is 2. The number of halogens is 1. The van der Waals surface area contributed by atoms with Crippen molar-refractivity contribution in [3.8, 4) is 10.6 Å². The molecular formula is C16H18ClN3O2S. The van der Waals surface area contributed by atoms with Gasteiger partial charge in [0, 0.05) is 43.8 Å². The van der Waals surface area contributed by atoms with Crippen LogP contribution in [0.15, 0.2) is 29.6 Å². The topological polar surface area (TPSA) is 71.1 Å². The average Bonchev–Trinajstić information content (AvgIpc) is 2.96. The maximum Gasteiger partial charge on any atom is 0.221 e. The minimum atomic E-state index is -0.132. The van der Waals surface area contributed by atoms with E-state index < -0.39 is 0 Å². The molecule has 0 radical (unpaired) electrons. The Labute approximate surface area is 144 Å². The normalized spacial score (nSPS) is 10.3. The molecule has 1 aromatic heterocycles. The summed E-state index contributed by atoms with van der Waals surface area (Å²) in [5.74, 6) is -0.215. The molecular weight excluding hydrogens is 334 g/mol. The zero-order valence-electron chi connectivity index (χ0n) is 12.8. The van der Waals surface area contributed by atoms with E-state index in [1.807, 2.05) is 29.6 Å². The number of aromatic nitrogens is 1. The Morgan fingerprint density at radius 3 is 2.74 bits per heavy atom. The van der Waals surface area contributed by atoms with Crippen molar-refractivity contribution in [1.29, 1.82) is 0 Å². The van der Waals surface area contributed by atoms with Crippen molar-refractivity contribution in [2.24, 2.45) is 0 Å². The summed E-state index contributed by atoms with van der Waals surface area (Å²) in [6, 6.07) is 7.59. The van der Waals surface area contributed by atoms with Crippen LogP contribution in [0.2, 0.25) is 5.02 Å². The summed E-state index contributed by atoms with van der Waals surface area (Å²) in [5.41, 5.74) is 1.84. The molecule has 2 aromatic rings. The first-order valence-corrected chi connectivity index (χ1v) is 8.52. The molecule has 0 saturated carbocycles. The van der Waals surface area contributed by atoms with Crippen LogP contribution in [0.25, 0.3) is 10.6 Å². The summed E-state index contributed by atoms with van der Waals surface area (Å²) in [6.07, 6.45) is 0.939. The van der Waals surface area contributed by atoms with Crippen LogP contribution < -0.4 is 10.6 Å². The maximum atomic E-state index is 11.6. The number of amides is 2. The molecule has 0 atom stereocenters. The predicted octanol–water partition coefficient (Wildman–Crippen LogP) is 2.65. The lowest BCUT2D eigenvalue weighted by Gasteiger charge is -2.04. The van der Waals surface area contributed by atoms with Gasteiger partial charge in [-0.05, 0) is 6.07 Å². The molecule has 0 fully saturated rings. The first-order valence-electron chi connectivity index (χ1n) is 7.26. The molecule has 7 heteroatoms. The van der Waals surface area contributed by atoms with E-state index in [4.69, 9.17) is 11.6 Å². The Kier molecular flexibility index (Phi) is 6.55. The number of hydrogen-bond acceptors (Lipinski definition) is 4. The zero-order valence-corrected chi connectivity index (χ0v) is 14.3. The lowest BCUT2D eigenvalue weighted by atomic mass is 10.2. The molecule has 23 heavy (non-hydrogen) atoms. The predicted molar refractivity (Wildman–Crippen MR) is 92.6 cm³/mol. The highest BCUT2D eigenvalue weighted by Crippen LogP contribution is 2.30. The van der Waals surface area contributed by atoms with Gasteiger partial charge < -0.3 is 10.6 Å². The molecule has 122 valence electrons. The second kappa shape index (κ2) is 8.64. The number of carbonyl (C=O) groups is 2. The average molecular weight is 352 g/mol. The van der Waals surface area contributed by atoms with Gasteiger partial charge in [0.2, 0.25) is 11.8 Å².